The Hall–Kier alpha value is -1.35. The Morgan fingerprint density at radius 3 is 2.41 bits per heavy atom. The van der Waals surface area contributed by atoms with Crippen LogP contribution in [-0.4, -0.2) is 37.1 Å². The monoisotopic (exact) mass is 322 g/mol. The molecule has 0 radical (unpaired) electrons. The van der Waals surface area contributed by atoms with Gasteiger partial charge in [0.2, 0.25) is 10.0 Å². The van der Waals surface area contributed by atoms with Crippen molar-refractivity contribution in [3.8, 4) is 0 Å². The average molecular weight is 322 g/mol. The molecule has 1 aromatic heterocycles. The third-order valence-corrected chi connectivity index (χ3v) is 5.32. The Morgan fingerprint density at radius 1 is 1.18 bits per heavy atom. The first-order chi connectivity index (χ1) is 10.0. The van der Waals surface area contributed by atoms with Crippen LogP contribution in [0, 0.1) is 0 Å². The molecule has 22 heavy (non-hydrogen) atoms. The molecule has 1 saturated heterocycles. The minimum Gasteiger partial charge on any atom is -0.398 e. The molecule has 6 nitrogen and oxygen atoms in total. The van der Waals surface area contributed by atoms with Crippen molar-refractivity contribution in [1.82, 2.24) is 3.97 Å². The first-order valence-corrected chi connectivity index (χ1v) is 8.83. The third kappa shape index (κ3) is 2.27. The summed E-state index contributed by atoms with van der Waals surface area (Å²) < 4.78 is 36.7. The molecule has 2 aromatic rings. The van der Waals surface area contributed by atoms with E-state index in [0.717, 1.165) is 10.8 Å². The van der Waals surface area contributed by atoms with Gasteiger partial charge in [-0.3, -0.25) is 0 Å². The van der Waals surface area contributed by atoms with Gasteiger partial charge in [0.15, 0.2) is 0 Å². The number of hydrogen-bond acceptors (Lipinski definition) is 5. The molecule has 1 aromatic carbocycles. The molecule has 118 valence electrons. The minimum atomic E-state index is -3.36. The average Bonchev–Trinajstić information content (AvgIpc) is 2.87. The third-order valence-electron chi connectivity index (χ3n) is 4.29. The normalized spacial score (nSPS) is 25.0. The topological polar surface area (TPSA) is 83.5 Å². The van der Waals surface area contributed by atoms with E-state index >= 15 is 0 Å². The van der Waals surface area contributed by atoms with E-state index in [9.17, 15) is 8.42 Å². The Labute approximate surface area is 130 Å². The van der Waals surface area contributed by atoms with E-state index in [1.165, 1.54) is 16.4 Å². The molecule has 0 bridgehead atoms. The highest BCUT2D eigenvalue weighted by molar-refractivity contribution is 7.89. The number of hydrogen-bond donors (Lipinski definition) is 1. The molecular formula is C14H19BN2O4S. The molecule has 1 aliphatic rings. The van der Waals surface area contributed by atoms with E-state index in [-0.39, 0.29) is 0 Å². The van der Waals surface area contributed by atoms with Crippen LogP contribution in [0.3, 0.4) is 0 Å². The van der Waals surface area contributed by atoms with Crippen LogP contribution in [0.1, 0.15) is 20.8 Å². The van der Waals surface area contributed by atoms with Crippen LogP contribution in [0.2, 0.25) is 0 Å². The van der Waals surface area contributed by atoms with E-state index in [0.29, 0.717) is 5.52 Å². The largest absolute Gasteiger partial charge is 0.496 e. The summed E-state index contributed by atoms with van der Waals surface area (Å²) >= 11 is 0. The lowest BCUT2D eigenvalue weighted by Gasteiger charge is -2.31. The lowest BCUT2D eigenvalue weighted by atomic mass is 9.77. The van der Waals surface area contributed by atoms with Gasteiger partial charge in [0.05, 0.1) is 17.4 Å². The predicted molar refractivity (Wildman–Crippen MR) is 86.4 cm³/mol. The number of fused-ring (bicyclic) bond motifs is 1. The zero-order chi connectivity index (χ0) is 16.3. The maximum absolute atomic E-state index is 11.8. The summed E-state index contributed by atoms with van der Waals surface area (Å²) in [5.74, 6) is 0. The van der Waals surface area contributed by atoms with Crippen LogP contribution in [0.5, 0.6) is 0 Å². The summed E-state index contributed by atoms with van der Waals surface area (Å²) in [7, 11) is -4.00. The summed E-state index contributed by atoms with van der Waals surface area (Å²) in [5.41, 5.74) is 5.93. The minimum absolute atomic E-state index is 0.593. The van der Waals surface area contributed by atoms with Gasteiger partial charge >= 0.3 is 7.12 Å². The fourth-order valence-electron chi connectivity index (χ4n) is 2.56. The first-order valence-electron chi connectivity index (χ1n) is 6.98. The maximum Gasteiger partial charge on any atom is 0.496 e. The molecule has 0 aliphatic carbocycles. The van der Waals surface area contributed by atoms with Gasteiger partial charge in [-0.1, -0.05) is 12.1 Å². The zero-order valence-corrected chi connectivity index (χ0v) is 13.8. The summed E-state index contributed by atoms with van der Waals surface area (Å²) in [6, 6.07) is 7.14. The standard InChI is InChI=1S/C14H19BN2O4S/c1-13(2)14(3,16)21-15(20-13)11-6-5-7-12-10(11)8-9-17(12)22(4,18)19/h5-9H,16H2,1-4H3. The van der Waals surface area contributed by atoms with E-state index in [2.05, 4.69) is 0 Å². The van der Waals surface area contributed by atoms with Crippen LogP contribution in [0.15, 0.2) is 30.5 Å². The van der Waals surface area contributed by atoms with Crippen LogP contribution < -0.4 is 11.2 Å². The van der Waals surface area contributed by atoms with Gasteiger partial charge in [0.1, 0.15) is 5.72 Å². The van der Waals surface area contributed by atoms with Crippen molar-refractivity contribution in [3.63, 3.8) is 0 Å². The van der Waals surface area contributed by atoms with Crippen LogP contribution >= 0.6 is 0 Å². The van der Waals surface area contributed by atoms with Crippen LogP contribution in [0.4, 0.5) is 0 Å². The number of aromatic nitrogens is 1. The molecule has 1 atom stereocenters. The second kappa shape index (κ2) is 4.58. The van der Waals surface area contributed by atoms with E-state index in [1.54, 1.807) is 25.1 Å². The number of benzene rings is 1. The van der Waals surface area contributed by atoms with Crippen LogP contribution in [0.25, 0.3) is 10.9 Å². The second-order valence-electron chi connectivity index (χ2n) is 6.34. The SMILES string of the molecule is CC1(C)OB(c2cccc3c2ccn3S(C)(=O)=O)OC1(C)N. The molecular weight excluding hydrogens is 303 g/mol. The summed E-state index contributed by atoms with van der Waals surface area (Å²) in [6.45, 7) is 5.51. The Kier molecular flexibility index (Phi) is 3.23. The fourth-order valence-corrected chi connectivity index (χ4v) is 3.36. The van der Waals surface area contributed by atoms with E-state index < -0.39 is 28.5 Å². The van der Waals surface area contributed by atoms with Gasteiger partial charge in [-0.05, 0) is 38.4 Å². The molecule has 3 rings (SSSR count). The number of nitrogens with zero attached hydrogens (tertiary/aromatic N) is 1. The van der Waals surface area contributed by atoms with Crippen molar-refractivity contribution in [2.75, 3.05) is 6.26 Å². The lowest BCUT2D eigenvalue weighted by Crippen LogP contribution is -2.52. The van der Waals surface area contributed by atoms with Gasteiger partial charge in [-0.15, -0.1) is 0 Å². The Balaban J connectivity index is 2.13. The van der Waals surface area contributed by atoms with Gasteiger partial charge < -0.3 is 15.0 Å². The molecule has 2 N–H and O–H groups in total. The van der Waals surface area contributed by atoms with Crippen LogP contribution in [-0.2, 0) is 19.3 Å². The van der Waals surface area contributed by atoms with Crippen molar-refractivity contribution in [3.05, 3.63) is 30.5 Å². The second-order valence-corrected chi connectivity index (χ2v) is 8.20. The Morgan fingerprint density at radius 2 is 1.86 bits per heavy atom. The quantitative estimate of drug-likeness (QED) is 0.821. The highest BCUT2D eigenvalue weighted by Crippen LogP contribution is 2.33. The predicted octanol–water partition coefficient (Wildman–Crippen LogP) is 0.645. The summed E-state index contributed by atoms with van der Waals surface area (Å²) in [5, 5.41) is 0.770. The van der Waals surface area contributed by atoms with Crippen molar-refractivity contribution in [2.45, 2.75) is 32.1 Å². The van der Waals surface area contributed by atoms with Crippen molar-refractivity contribution >= 4 is 33.5 Å². The van der Waals surface area contributed by atoms with Crippen molar-refractivity contribution < 1.29 is 17.7 Å². The highest BCUT2D eigenvalue weighted by Gasteiger charge is 2.52. The summed E-state index contributed by atoms with van der Waals surface area (Å²) in [6.07, 6.45) is 2.70. The number of nitrogens with two attached hydrogens (primary N) is 1. The number of rotatable bonds is 2. The van der Waals surface area contributed by atoms with Gasteiger partial charge in [0, 0.05) is 11.6 Å². The van der Waals surface area contributed by atoms with Gasteiger partial charge in [-0.25, -0.2) is 12.4 Å². The Bertz CT molecular complexity index is 826. The lowest BCUT2D eigenvalue weighted by molar-refractivity contribution is -0.00411. The molecule has 1 unspecified atom stereocenters. The van der Waals surface area contributed by atoms with Gasteiger partial charge in [0.25, 0.3) is 0 Å². The molecule has 0 spiro atoms. The fraction of sp³-hybridized carbons (Fsp3) is 0.429. The van der Waals surface area contributed by atoms with Gasteiger partial charge in [-0.2, -0.15) is 0 Å². The molecule has 0 saturated carbocycles. The summed E-state index contributed by atoms with van der Waals surface area (Å²) in [4.78, 5) is 0. The molecule has 8 heteroatoms. The van der Waals surface area contributed by atoms with E-state index in [4.69, 9.17) is 15.0 Å². The zero-order valence-electron chi connectivity index (χ0n) is 13.0. The highest BCUT2D eigenvalue weighted by atomic mass is 32.2. The van der Waals surface area contributed by atoms with Crippen molar-refractivity contribution in [1.29, 1.82) is 0 Å². The molecule has 2 heterocycles. The first kappa shape index (κ1) is 15.5. The van der Waals surface area contributed by atoms with E-state index in [1.807, 2.05) is 19.9 Å². The molecule has 0 amide bonds. The van der Waals surface area contributed by atoms with Crippen molar-refractivity contribution in [2.24, 2.45) is 5.73 Å². The molecule has 1 aliphatic heterocycles. The smallest absolute Gasteiger partial charge is 0.398 e. The maximum atomic E-state index is 11.8. The molecule has 1 fully saturated rings.